The molecule has 1 fully saturated rings. The van der Waals surface area contributed by atoms with Crippen molar-refractivity contribution >= 4 is 17.3 Å². The summed E-state index contributed by atoms with van der Waals surface area (Å²) in [5.41, 5.74) is 0.720. The Hall–Kier alpha value is -1.81. The Balaban J connectivity index is 1.75. The van der Waals surface area contributed by atoms with Gasteiger partial charge in [0, 0.05) is 18.5 Å². The highest BCUT2D eigenvalue weighted by Crippen LogP contribution is 2.25. The summed E-state index contributed by atoms with van der Waals surface area (Å²) in [6, 6.07) is 7.43. The standard InChI is InChI=1S/C15H17NO3/c1-16-6-4-12(5-7-16)18-13-2-3-15-11(8-13)9-14(10-17)19-15/h2-3,8-10,12H,4-7H2,1H3. The van der Waals surface area contributed by atoms with Gasteiger partial charge in [-0.15, -0.1) is 0 Å². The van der Waals surface area contributed by atoms with Gasteiger partial charge < -0.3 is 14.1 Å². The third kappa shape index (κ3) is 2.63. The van der Waals surface area contributed by atoms with Crippen molar-refractivity contribution in [1.29, 1.82) is 0 Å². The van der Waals surface area contributed by atoms with E-state index in [2.05, 4.69) is 11.9 Å². The van der Waals surface area contributed by atoms with Gasteiger partial charge >= 0.3 is 0 Å². The maximum atomic E-state index is 10.7. The fraction of sp³-hybridized carbons (Fsp3) is 0.400. The molecule has 0 amide bonds. The van der Waals surface area contributed by atoms with Crippen LogP contribution in [0.5, 0.6) is 5.75 Å². The van der Waals surface area contributed by atoms with Crippen molar-refractivity contribution in [2.24, 2.45) is 0 Å². The summed E-state index contributed by atoms with van der Waals surface area (Å²) >= 11 is 0. The van der Waals surface area contributed by atoms with Gasteiger partial charge in [0.05, 0.1) is 0 Å². The molecule has 0 radical (unpaired) electrons. The van der Waals surface area contributed by atoms with E-state index in [1.807, 2.05) is 18.2 Å². The van der Waals surface area contributed by atoms with Gasteiger partial charge in [-0.3, -0.25) is 4.79 Å². The molecule has 1 aromatic heterocycles. The molecule has 0 unspecified atom stereocenters. The molecular formula is C15H17NO3. The zero-order valence-corrected chi connectivity index (χ0v) is 11.0. The second kappa shape index (κ2) is 5.05. The Morgan fingerprint density at radius 3 is 2.84 bits per heavy atom. The van der Waals surface area contributed by atoms with Crippen molar-refractivity contribution in [3.05, 3.63) is 30.0 Å². The summed E-state index contributed by atoms with van der Waals surface area (Å²) in [6.45, 7) is 2.15. The summed E-state index contributed by atoms with van der Waals surface area (Å²) in [7, 11) is 2.13. The van der Waals surface area contributed by atoms with Crippen molar-refractivity contribution in [3.63, 3.8) is 0 Å². The second-order valence-electron chi connectivity index (χ2n) is 5.09. The highest BCUT2D eigenvalue weighted by atomic mass is 16.5. The quantitative estimate of drug-likeness (QED) is 0.795. The Labute approximate surface area is 111 Å². The first kappa shape index (κ1) is 12.2. The monoisotopic (exact) mass is 259 g/mol. The molecule has 0 atom stereocenters. The van der Waals surface area contributed by atoms with Crippen LogP contribution in [0.15, 0.2) is 28.7 Å². The molecule has 0 spiro atoms. The van der Waals surface area contributed by atoms with Crippen LogP contribution in [0.25, 0.3) is 11.0 Å². The minimum Gasteiger partial charge on any atom is -0.490 e. The van der Waals surface area contributed by atoms with Crippen molar-refractivity contribution < 1.29 is 13.9 Å². The van der Waals surface area contributed by atoms with Crippen molar-refractivity contribution in [1.82, 2.24) is 4.90 Å². The number of rotatable bonds is 3. The van der Waals surface area contributed by atoms with Crippen LogP contribution >= 0.6 is 0 Å². The van der Waals surface area contributed by atoms with Gasteiger partial charge in [0.2, 0.25) is 0 Å². The van der Waals surface area contributed by atoms with E-state index in [1.54, 1.807) is 6.07 Å². The zero-order chi connectivity index (χ0) is 13.2. The molecule has 0 N–H and O–H groups in total. The van der Waals surface area contributed by atoms with E-state index < -0.39 is 0 Å². The third-order valence-electron chi connectivity index (χ3n) is 3.59. The number of furan rings is 1. The maximum absolute atomic E-state index is 10.7. The van der Waals surface area contributed by atoms with E-state index in [-0.39, 0.29) is 6.10 Å². The molecule has 2 heterocycles. The molecule has 100 valence electrons. The second-order valence-corrected chi connectivity index (χ2v) is 5.09. The van der Waals surface area contributed by atoms with Crippen LogP contribution in [-0.4, -0.2) is 37.4 Å². The first-order valence-electron chi connectivity index (χ1n) is 6.58. The highest BCUT2D eigenvalue weighted by Gasteiger charge is 2.18. The predicted octanol–water partition coefficient (Wildman–Crippen LogP) is 2.72. The molecule has 1 saturated heterocycles. The average molecular weight is 259 g/mol. The van der Waals surface area contributed by atoms with E-state index in [1.165, 1.54) is 0 Å². The van der Waals surface area contributed by atoms with Crippen molar-refractivity contribution in [2.45, 2.75) is 18.9 Å². The highest BCUT2D eigenvalue weighted by molar-refractivity contribution is 5.85. The van der Waals surface area contributed by atoms with E-state index in [4.69, 9.17) is 9.15 Å². The third-order valence-corrected chi connectivity index (χ3v) is 3.59. The van der Waals surface area contributed by atoms with Crippen LogP contribution in [0.2, 0.25) is 0 Å². The van der Waals surface area contributed by atoms with E-state index in [0.717, 1.165) is 48.9 Å². The number of piperidine rings is 1. The van der Waals surface area contributed by atoms with Crippen LogP contribution in [0.3, 0.4) is 0 Å². The normalized spacial score (nSPS) is 17.7. The van der Waals surface area contributed by atoms with Gasteiger partial charge in [-0.25, -0.2) is 0 Å². The number of aldehydes is 1. The molecule has 19 heavy (non-hydrogen) atoms. The summed E-state index contributed by atoms with van der Waals surface area (Å²) in [6.07, 6.45) is 3.11. The molecule has 1 aliphatic rings. The first-order chi connectivity index (χ1) is 9.24. The minimum absolute atomic E-state index is 0.283. The molecule has 0 saturated carbocycles. The van der Waals surface area contributed by atoms with E-state index >= 15 is 0 Å². The molecule has 1 aliphatic heterocycles. The average Bonchev–Trinajstić information content (AvgIpc) is 2.83. The topological polar surface area (TPSA) is 42.7 Å². The van der Waals surface area contributed by atoms with Crippen LogP contribution in [0.4, 0.5) is 0 Å². The molecule has 1 aromatic carbocycles. The Morgan fingerprint density at radius 2 is 2.11 bits per heavy atom. The number of likely N-dealkylation sites (tertiary alicyclic amines) is 1. The van der Waals surface area contributed by atoms with Gasteiger partial charge in [0.15, 0.2) is 12.0 Å². The minimum atomic E-state index is 0.283. The molecule has 2 aromatic rings. The number of ether oxygens (including phenoxy) is 1. The van der Waals surface area contributed by atoms with Crippen LogP contribution in [0.1, 0.15) is 23.4 Å². The van der Waals surface area contributed by atoms with Gasteiger partial charge in [0.1, 0.15) is 17.4 Å². The maximum Gasteiger partial charge on any atom is 0.185 e. The number of hydrogen-bond acceptors (Lipinski definition) is 4. The van der Waals surface area contributed by atoms with E-state index in [9.17, 15) is 4.79 Å². The summed E-state index contributed by atoms with van der Waals surface area (Å²) in [5.74, 6) is 1.20. The van der Waals surface area contributed by atoms with Crippen molar-refractivity contribution in [2.75, 3.05) is 20.1 Å². The zero-order valence-electron chi connectivity index (χ0n) is 11.0. The summed E-state index contributed by atoms with van der Waals surface area (Å²) in [4.78, 5) is 13.0. The largest absolute Gasteiger partial charge is 0.490 e. The van der Waals surface area contributed by atoms with Gasteiger partial charge in [-0.05, 0) is 44.2 Å². The van der Waals surface area contributed by atoms with Crippen LogP contribution in [0, 0.1) is 0 Å². The molecule has 4 heteroatoms. The summed E-state index contributed by atoms with van der Waals surface area (Å²) in [5, 5.41) is 0.910. The Bertz CT molecular complexity index is 582. The number of nitrogens with zero attached hydrogens (tertiary/aromatic N) is 1. The lowest BCUT2D eigenvalue weighted by Crippen LogP contribution is -2.35. The predicted molar refractivity (Wildman–Crippen MR) is 72.7 cm³/mol. The Kier molecular flexibility index (Phi) is 3.25. The van der Waals surface area contributed by atoms with Crippen molar-refractivity contribution in [3.8, 4) is 5.75 Å². The van der Waals surface area contributed by atoms with Crippen LogP contribution < -0.4 is 4.74 Å². The molecule has 0 aliphatic carbocycles. The first-order valence-corrected chi connectivity index (χ1v) is 6.58. The number of carbonyl (C=O) groups is 1. The molecule has 0 bridgehead atoms. The summed E-state index contributed by atoms with van der Waals surface area (Å²) < 4.78 is 11.3. The molecule has 3 rings (SSSR count). The smallest absolute Gasteiger partial charge is 0.185 e. The number of benzene rings is 1. The number of hydrogen-bond donors (Lipinski definition) is 0. The fourth-order valence-electron chi connectivity index (χ4n) is 2.47. The lowest BCUT2D eigenvalue weighted by molar-refractivity contribution is 0.110. The van der Waals surface area contributed by atoms with E-state index in [0.29, 0.717) is 5.76 Å². The SMILES string of the molecule is CN1CCC(Oc2ccc3oc(C=O)cc3c2)CC1. The fourth-order valence-corrected chi connectivity index (χ4v) is 2.47. The number of fused-ring (bicyclic) bond motifs is 1. The van der Waals surface area contributed by atoms with Gasteiger partial charge in [-0.2, -0.15) is 0 Å². The van der Waals surface area contributed by atoms with Crippen LogP contribution in [-0.2, 0) is 0 Å². The lowest BCUT2D eigenvalue weighted by atomic mass is 10.1. The lowest BCUT2D eigenvalue weighted by Gasteiger charge is -2.29. The number of carbonyl (C=O) groups excluding carboxylic acids is 1. The molecule has 4 nitrogen and oxygen atoms in total. The van der Waals surface area contributed by atoms with Gasteiger partial charge in [-0.1, -0.05) is 0 Å². The Morgan fingerprint density at radius 1 is 1.32 bits per heavy atom. The van der Waals surface area contributed by atoms with Gasteiger partial charge in [0.25, 0.3) is 0 Å². The molecular weight excluding hydrogens is 242 g/mol.